The van der Waals surface area contributed by atoms with Crippen LogP contribution in [-0.2, 0) is 6.54 Å². The lowest BCUT2D eigenvalue weighted by atomic mass is 10.2. The van der Waals surface area contributed by atoms with Gasteiger partial charge in [-0.2, -0.15) is 13.2 Å². The van der Waals surface area contributed by atoms with Gasteiger partial charge in [-0.05, 0) is 23.8 Å². The zero-order chi connectivity index (χ0) is 17.6. The van der Waals surface area contributed by atoms with Gasteiger partial charge in [0, 0.05) is 18.7 Å². The normalized spacial score (nSPS) is 11.0. The molecule has 1 heterocycles. The quantitative estimate of drug-likeness (QED) is 0.832. The average Bonchev–Trinajstić information content (AvgIpc) is 2.58. The van der Waals surface area contributed by atoms with Crippen molar-refractivity contribution >= 4 is 5.69 Å². The van der Waals surface area contributed by atoms with Crippen molar-refractivity contribution in [2.45, 2.75) is 12.7 Å². The summed E-state index contributed by atoms with van der Waals surface area (Å²) >= 11 is 0. The first-order valence-corrected chi connectivity index (χ1v) is 7.01. The molecule has 24 heavy (non-hydrogen) atoms. The molecule has 0 unspecified atom stereocenters. The number of hydrogen-bond donors (Lipinski definition) is 1. The highest BCUT2D eigenvalue weighted by Crippen LogP contribution is 2.23. The van der Waals surface area contributed by atoms with Gasteiger partial charge >= 0.3 is 6.18 Å². The lowest BCUT2D eigenvalue weighted by molar-refractivity contribution is -0.154. The van der Waals surface area contributed by atoms with Crippen molar-refractivity contribution in [2.24, 2.45) is 0 Å². The molecule has 0 saturated carbocycles. The lowest BCUT2D eigenvalue weighted by Gasteiger charge is -2.11. The molecule has 0 atom stereocenters. The number of methoxy groups -OCH3 is 2. The summed E-state index contributed by atoms with van der Waals surface area (Å²) in [5, 5.41) is 3.11. The van der Waals surface area contributed by atoms with Crippen LogP contribution in [0.5, 0.6) is 17.4 Å². The smallest absolute Gasteiger partial charge is 0.422 e. The Bertz CT molecular complexity index is 638. The summed E-state index contributed by atoms with van der Waals surface area (Å²) in [6, 6.07) is 8.43. The van der Waals surface area contributed by atoms with Gasteiger partial charge < -0.3 is 19.5 Å². The summed E-state index contributed by atoms with van der Waals surface area (Å²) in [6.07, 6.45) is -2.98. The van der Waals surface area contributed by atoms with E-state index in [1.54, 1.807) is 26.4 Å². The van der Waals surface area contributed by atoms with Gasteiger partial charge in [-0.3, -0.25) is 0 Å². The van der Waals surface area contributed by atoms with Gasteiger partial charge in [0.25, 0.3) is 0 Å². The summed E-state index contributed by atoms with van der Waals surface area (Å²) in [5.74, 6) is 1.25. The van der Waals surface area contributed by atoms with Crippen molar-refractivity contribution in [1.82, 2.24) is 4.98 Å². The summed E-state index contributed by atoms with van der Waals surface area (Å²) < 4.78 is 51.1. The van der Waals surface area contributed by atoms with E-state index in [-0.39, 0.29) is 5.88 Å². The number of rotatable bonds is 7. The molecule has 2 aromatic rings. The van der Waals surface area contributed by atoms with E-state index in [1.807, 2.05) is 12.1 Å². The van der Waals surface area contributed by atoms with Crippen LogP contribution in [0.1, 0.15) is 5.56 Å². The molecule has 0 saturated heterocycles. The lowest BCUT2D eigenvalue weighted by Crippen LogP contribution is -2.19. The van der Waals surface area contributed by atoms with Gasteiger partial charge in [-0.15, -0.1) is 0 Å². The Balaban J connectivity index is 1.95. The van der Waals surface area contributed by atoms with Gasteiger partial charge in [0.2, 0.25) is 5.88 Å². The minimum Gasteiger partial charge on any atom is -0.497 e. The molecule has 0 aliphatic carbocycles. The van der Waals surface area contributed by atoms with Crippen LogP contribution in [-0.4, -0.2) is 32.0 Å². The number of aromatic nitrogens is 1. The Labute approximate surface area is 137 Å². The van der Waals surface area contributed by atoms with Gasteiger partial charge in [0.05, 0.1) is 26.1 Å². The van der Waals surface area contributed by atoms with Crippen LogP contribution < -0.4 is 19.5 Å². The minimum atomic E-state index is -4.38. The number of benzene rings is 1. The van der Waals surface area contributed by atoms with E-state index in [2.05, 4.69) is 15.0 Å². The predicted octanol–water partition coefficient (Wildman–Crippen LogP) is 3.65. The molecular weight excluding hydrogens is 325 g/mol. The number of ether oxygens (including phenoxy) is 3. The Morgan fingerprint density at radius 2 is 1.71 bits per heavy atom. The van der Waals surface area contributed by atoms with E-state index in [9.17, 15) is 13.2 Å². The van der Waals surface area contributed by atoms with Crippen LogP contribution in [0.4, 0.5) is 18.9 Å². The molecule has 1 aromatic carbocycles. The van der Waals surface area contributed by atoms with E-state index >= 15 is 0 Å². The molecule has 0 bridgehead atoms. The average molecular weight is 342 g/mol. The first-order chi connectivity index (χ1) is 11.4. The second-order valence-corrected chi connectivity index (χ2v) is 4.86. The fourth-order valence-electron chi connectivity index (χ4n) is 1.90. The number of halogens is 3. The number of pyridine rings is 1. The molecule has 0 aliphatic rings. The van der Waals surface area contributed by atoms with E-state index in [1.165, 1.54) is 12.3 Å². The van der Waals surface area contributed by atoms with Gasteiger partial charge in [-0.25, -0.2) is 4.98 Å². The zero-order valence-electron chi connectivity index (χ0n) is 13.2. The third kappa shape index (κ3) is 5.53. The zero-order valence-corrected chi connectivity index (χ0v) is 13.2. The Morgan fingerprint density at radius 3 is 2.21 bits per heavy atom. The van der Waals surface area contributed by atoms with Crippen molar-refractivity contribution in [1.29, 1.82) is 0 Å². The maximum Gasteiger partial charge on any atom is 0.422 e. The van der Waals surface area contributed by atoms with E-state index in [0.29, 0.717) is 23.7 Å². The first-order valence-electron chi connectivity index (χ1n) is 7.01. The highest BCUT2D eigenvalue weighted by molar-refractivity contribution is 5.45. The molecule has 0 fully saturated rings. The molecule has 1 N–H and O–H groups in total. The summed E-state index contributed by atoms with van der Waals surface area (Å²) in [7, 11) is 3.13. The molecule has 0 aliphatic heterocycles. The molecule has 0 spiro atoms. The summed E-state index contributed by atoms with van der Waals surface area (Å²) in [6.45, 7) is -0.894. The number of alkyl halides is 3. The van der Waals surface area contributed by atoms with Crippen molar-refractivity contribution in [2.75, 3.05) is 26.1 Å². The standard InChI is InChI=1S/C16H17F3N2O3/c1-22-13-5-11(6-14(7-13)23-2)8-20-12-3-4-15(21-9-12)24-10-16(17,18)19/h3-7,9,20H,8,10H2,1-2H3. The molecule has 130 valence electrons. The SMILES string of the molecule is COc1cc(CNc2ccc(OCC(F)(F)F)nc2)cc(OC)c1. The molecule has 8 heteroatoms. The van der Waals surface area contributed by atoms with Gasteiger partial charge in [0.1, 0.15) is 11.5 Å². The van der Waals surface area contributed by atoms with Crippen molar-refractivity contribution in [3.63, 3.8) is 0 Å². The largest absolute Gasteiger partial charge is 0.497 e. The predicted molar refractivity (Wildman–Crippen MR) is 82.7 cm³/mol. The first kappa shape index (κ1) is 17.7. The van der Waals surface area contributed by atoms with Crippen LogP contribution in [0, 0.1) is 0 Å². The topological polar surface area (TPSA) is 52.6 Å². The molecule has 0 radical (unpaired) electrons. The molecular formula is C16H17F3N2O3. The van der Waals surface area contributed by atoms with Crippen LogP contribution in [0.2, 0.25) is 0 Å². The number of anilines is 1. The highest BCUT2D eigenvalue weighted by Gasteiger charge is 2.28. The minimum absolute atomic E-state index is 0.0825. The van der Waals surface area contributed by atoms with Crippen LogP contribution in [0.25, 0.3) is 0 Å². The van der Waals surface area contributed by atoms with Crippen LogP contribution in [0.15, 0.2) is 36.5 Å². The van der Waals surface area contributed by atoms with Crippen molar-refractivity contribution in [3.05, 3.63) is 42.1 Å². The molecule has 2 rings (SSSR count). The van der Waals surface area contributed by atoms with E-state index in [4.69, 9.17) is 9.47 Å². The summed E-state index contributed by atoms with van der Waals surface area (Å²) in [4.78, 5) is 3.83. The molecule has 0 amide bonds. The van der Waals surface area contributed by atoms with Crippen molar-refractivity contribution in [3.8, 4) is 17.4 Å². The maximum atomic E-state index is 12.1. The number of nitrogens with zero attached hydrogens (tertiary/aromatic N) is 1. The summed E-state index contributed by atoms with van der Waals surface area (Å²) in [5.41, 5.74) is 1.57. The third-order valence-corrected chi connectivity index (χ3v) is 3.03. The van der Waals surface area contributed by atoms with Crippen LogP contribution >= 0.6 is 0 Å². The van der Waals surface area contributed by atoms with E-state index < -0.39 is 12.8 Å². The number of hydrogen-bond acceptors (Lipinski definition) is 5. The number of nitrogens with one attached hydrogen (secondary N) is 1. The fourth-order valence-corrected chi connectivity index (χ4v) is 1.90. The Kier molecular flexibility index (Phi) is 5.73. The van der Waals surface area contributed by atoms with E-state index in [0.717, 1.165) is 5.56 Å². The van der Waals surface area contributed by atoms with Gasteiger partial charge in [0.15, 0.2) is 6.61 Å². The molecule has 1 aromatic heterocycles. The van der Waals surface area contributed by atoms with Gasteiger partial charge in [-0.1, -0.05) is 0 Å². The monoisotopic (exact) mass is 342 g/mol. The van der Waals surface area contributed by atoms with Crippen LogP contribution in [0.3, 0.4) is 0 Å². The molecule has 5 nitrogen and oxygen atoms in total. The highest BCUT2D eigenvalue weighted by atomic mass is 19.4. The Morgan fingerprint density at radius 1 is 1.04 bits per heavy atom. The second-order valence-electron chi connectivity index (χ2n) is 4.86. The second kappa shape index (κ2) is 7.76. The Hall–Kier alpha value is -2.64. The van der Waals surface area contributed by atoms with Crippen molar-refractivity contribution < 1.29 is 27.4 Å². The maximum absolute atomic E-state index is 12.1. The third-order valence-electron chi connectivity index (χ3n) is 3.03. The fraction of sp³-hybridized carbons (Fsp3) is 0.312.